The summed E-state index contributed by atoms with van der Waals surface area (Å²) in [6, 6.07) is 13.8. The normalized spacial score (nSPS) is 17.8. The first-order chi connectivity index (χ1) is 18.6. The minimum atomic E-state index is -0.894. The summed E-state index contributed by atoms with van der Waals surface area (Å²) in [6.45, 7) is 5.41. The SMILES string of the molecule is CC(=O)CC(CCC1CCC(C(=O)CCCc2ccc(C)cc2)CC1)C(=O)Cc1ccc(C)c(OC(N)=O)c1. The van der Waals surface area contributed by atoms with Gasteiger partial charge in [-0.05, 0) is 101 Å². The molecule has 1 aliphatic carbocycles. The zero-order valence-corrected chi connectivity index (χ0v) is 23.7. The average Bonchev–Trinajstić information content (AvgIpc) is 2.89. The van der Waals surface area contributed by atoms with Crippen LogP contribution in [0.25, 0.3) is 0 Å². The minimum absolute atomic E-state index is 0.00921. The monoisotopic (exact) mass is 533 g/mol. The summed E-state index contributed by atoms with van der Waals surface area (Å²) in [5, 5.41) is 0. The topological polar surface area (TPSA) is 104 Å². The molecule has 1 unspecified atom stereocenters. The third-order valence-corrected chi connectivity index (χ3v) is 8.07. The number of benzene rings is 2. The maximum Gasteiger partial charge on any atom is 0.409 e. The number of aryl methyl sites for hydroxylation is 3. The molecule has 0 radical (unpaired) electrons. The minimum Gasteiger partial charge on any atom is -0.410 e. The van der Waals surface area contributed by atoms with Crippen LogP contribution >= 0.6 is 0 Å². The van der Waals surface area contributed by atoms with Gasteiger partial charge in [-0.2, -0.15) is 0 Å². The van der Waals surface area contributed by atoms with Gasteiger partial charge in [0.15, 0.2) is 0 Å². The van der Waals surface area contributed by atoms with Gasteiger partial charge in [0.25, 0.3) is 0 Å². The number of rotatable bonds is 14. The molecule has 1 saturated carbocycles. The van der Waals surface area contributed by atoms with E-state index in [2.05, 4.69) is 31.2 Å². The number of primary amides is 1. The van der Waals surface area contributed by atoms with Gasteiger partial charge in [-0.15, -0.1) is 0 Å². The lowest BCUT2D eigenvalue weighted by Gasteiger charge is -2.28. The van der Waals surface area contributed by atoms with Crippen LogP contribution < -0.4 is 10.5 Å². The number of ketones is 3. The Morgan fingerprint density at radius 3 is 2.26 bits per heavy atom. The van der Waals surface area contributed by atoms with E-state index in [9.17, 15) is 19.2 Å². The van der Waals surface area contributed by atoms with Gasteiger partial charge >= 0.3 is 6.09 Å². The highest BCUT2D eigenvalue weighted by Crippen LogP contribution is 2.34. The van der Waals surface area contributed by atoms with E-state index in [1.807, 2.05) is 6.07 Å². The Morgan fingerprint density at radius 1 is 0.949 bits per heavy atom. The molecule has 0 bridgehead atoms. The molecule has 1 atom stereocenters. The van der Waals surface area contributed by atoms with E-state index in [1.54, 1.807) is 19.1 Å². The smallest absolute Gasteiger partial charge is 0.409 e. The van der Waals surface area contributed by atoms with Gasteiger partial charge in [-0.3, -0.25) is 9.59 Å². The van der Waals surface area contributed by atoms with E-state index in [0.29, 0.717) is 30.3 Å². The maximum atomic E-state index is 13.2. The molecule has 6 heteroatoms. The third kappa shape index (κ3) is 10.1. The number of Topliss-reactive ketones (excluding diaryl/α,β-unsaturated/α-hetero) is 3. The summed E-state index contributed by atoms with van der Waals surface area (Å²) >= 11 is 0. The zero-order chi connectivity index (χ0) is 28.4. The van der Waals surface area contributed by atoms with Crippen molar-refractivity contribution in [1.29, 1.82) is 0 Å². The predicted octanol–water partition coefficient (Wildman–Crippen LogP) is 6.65. The number of ether oxygens (including phenoxy) is 1. The lowest BCUT2D eigenvalue weighted by molar-refractivity contribution is -0.127. The van der Waals surface area contributed by atoms with E-state index in [-0.39, 0.29) is 36.2 Å². The molecule has 1 amide bonds. The lowest BCUT2D eigenvalue weighted by atomic mass is 9.76. The Labute approximate surface area is 232 Å². The Kier molecular flexibility index (Phi) is 11.5. The fourth-order valence-electron chi connectivity index (χ4n) is 5.68. The van der Waals surface area contributed by atoms with Crippen molar-refractivity contribution in [3.8, 4) is 5.75 Å². The highest BCUT2D eigenvalue weighted by molar-refractivity contribution is 5.88. The van der Waals surface area contributed by atoms with Crippen molar-refractivity contribution in [2.75, 3.05) is 0 Å². The second-order valence-corrected chi connectivity index (χ2v) is 11.4. The Morgan fingerprint density at radius 2 is 1.62 bits per heavy atom. The van der Waals surface area contributed by atoms with E-state index < -0.39 is 6.09 Å². The van der Waals surface area contributed by atoms with E-state index >= 15 is 0 Å². The van der Waals surface area contributed by atoms with Gasteiger partial charge in [-0.25, -0.2) is 4.79 Å². The first-order valence-corrected chi connectivity index (χ1v) is 14.3. The number of hydrogen-bond acceptors (Lipinski definition) is 5. The van der Waals surface area contributed by atoms with Crippen molar-refractivity contribution in [2.45, 2.75) is 91.4 Å². The van der Waals surface area contributed by atoms with Crippen molar-refractivity contribution in [1.82, 2.24) is 0 Å². The summed E-state index contributed by atoms with van der Waals surface area (Å²) in [5.74, 6) is 1.09. The summed E-state index contributed by atoms with van der Waals surface area (Å²) in [5.41, 5.74) is 9.17. The van der Waals surface area contributed by atoms with Crippen LogP contribution in [-0.4, -0.2) is 23.4 Å². The first-order valence-electron chi connectivity index (χ1n) is 14.3. The van der Waals surface area contributed by atoms with E-state index in [0.717, 1.165) is 56.1 Å². The van der Waals surface area contributed by atoms with Crippen molar-refractivity contribution in [3.63, 3.8) is 0 Å². The van der Waals surface area contributed by atoms with Crippen LogP contribution in [0.1, 0.15) is 87.0 Å². The highest BCUT2D eigenvalue weighted by atomic mass is 16.5. The number of hydrogen-bond donors (Lipinski definition) is 1. The molecule has 1 aliphatic rings. The predicted molar refractivity (Wildman–Crippen MR) is 153 cm³/mol. The van der Waals surface area contributed by atoms with Gasteiger partial charge in [0.1, 0.15) is 23.1 Å². The summed E-state index contributed by atoms with van der Waals surface area (Å²) in [4.78, 5) is 49.1. The molecule has 0 aromatic heterocycles. The Balaban J connectivity index is 1.45. The molecule has 1 fully saturated rings. The number of nitrogens with two attached hydrogens (primary N) is 1. The molecular weight excluding hydrogens is 490 g/mol. The maximum absolute atomic E-state index is 13.2. The van der Waals surface area contributed by atoms with Gasteiger partial charge in [0.2, 0.25) is 0 Å². The summed E-state index contributed by atoms with van der Waals surface area (Å²) in [7, 11) is 0. The van der Waals surface area contributed by atoms with Gasteiger partial charge in [0.05, 0.1) is 0 Å². The molecular formula is C33H43NO5. The molecule has 0 saturated heterocycles. The van der Waals surface area contributed by atoms with Crippen LogP contribution in [0.4, 0.5) is 4.79 Å². The van der Waals surface area contributed by atoms with Crippen LogP contribution in [0, 0.1) is 31.6 Å². The zero-order valence-electron chi connectivity index (χ0n) is 23.7. The average molecular weight is 534 g/mol. The second-order valence-electron chi connectivity index (χ2n) is 11.4. The number of carbonyl (C=O) groups excluding carboxylic acids is 4. The molecule has 2 aromatic carbocycles. The molecule has 0 aliphatic heterocycles. The van der Waals surface area contributed by atoms with Crippen molar-refractivity contribution < 1.29 is 23.9 Å². The number of carbonyl (C=O) groups is 4. The van der Waals surface area contributed by atoms with Crippen molar-refractivity contribution in [2.24, 2.45) is 23.5 Å². The molecule has 210 valence electrons. The van der Waals surface area contributed by atoms with Crippen LogP contribution in [0.5, 0.6) is 5.75 Å². The fourth-order valence-corrected chi connectivity index (χ4v) is 5.68. The van der Waals surface area contributed by atoms with E-state index in [1.165, 1.54) is 18.1 Å². The summed E-state index contributed by atoms with van der Waals surface area (Å²) < 4.78 is 5.04. The van der Waals surface area contributed by atoms with Gasteiger partial charge in [-0.1, -0.05) is 42.0 Å². The van der Waals surface area contributed by atoms with Crippen molar-refractivity contribution in [3.05, 3.63) is 64.7 Å². The largest absolute Gasteiger partial charge is 0.410 e. The van der Waals surface area contributed by atoms with Crippen LogP contribution in [0.2, 0.25) is 0 Å². The van der Waals surface area contributed by atoms with Crippen LogP contribution in [0.15, 0.2) is 42.5 Å². The molecule has 0 heterocycles. The lowest BCUT2D eigenvalue weighted by Crippen LogP contribution is -2.24. The molecule has 39 heavy (non-hydrogen) atoms. The quantitative estimate of drug-likeness (QED) is 0.293. The first kappa shape index (κ1) is 30.3. The third-order valence-electron chi connectivity index (χ3n) is 8.07. The highest BCUT2D eigenvalue weighted by Gasteiger charge is 2.28. The molecule has 2 N–H and O–H groups in total. The molecule has 3 rings (SSSR count). The second kappa shape index (κ2) is 14.8. The molecule has 0 spiro atoms. The molecule has 6 nitrogen and oxygen atoms in total. The Bertz CT molecular complexity index is 1150. The Hall–Kier alpha value is -3.28. The standard InChI is InChI=1S/C33H43NO5/c1-22-7-10-25(11-8-22)5-4-6-30(36)28-16-13-26(14-17-28)15-18-29(19-24(3)35)31(37)20-27-12-9-23(2)32(21-27)39-33(34)38/h7-12,21,26,28-29H,4-6,13-20H2,1-3H3,(H2,34,38). The van der Waals surface area contributed by atoms with Crippen molar-refractivity contribution >= 4 is 23.4 Å². The van der Waals surface area contributed by atoms with Crippen LogP contribution in [0.3, 0.4) is 0 Å². The fraction of sp³-hybridized carbons (Fsp3) is 0.515. The summed E-state index contributed by atoms with van der Waals surface area (Å²) in [6.07, 6.45) is 7.42. The van der Waals surface area contributed by atoms with Gasteiger partial charge < -0.3 is 15.3 Å². The van der Waals surface area contributed by atoms with E-state index in [4.69, 9.17) is 10.5 Å². The molecule has 2 aromatic rings. The number of amides is 1. The van der Waals surface area contributed by atoms with Crippen LogP contribution in [-0.2, 0) is 27.2 Å². The van der Waals surface area contributed by atoms with Gasteiger partial charge in [0, 0.05) is 31.1 Å².